The van der Waals surface area contributed by atoms with Gasteiger partial charge >= 0.3 is 0 Å². The third kappa shape index (κ3) is 2.61. The molecule has 1 unspecified atom stereocenters. The third-order valence-corrected chi connectivity index (χ3v) is 2.28. The number of allylic oxidation sites excluding steroid dienone is 4. The first-order valence-corrected chi connectivity index (χ1v) is 4.63. The number of rotatable bonds is 1. The lowest BCUT2D eigenvalue weighted by molar-refractivity contribution is 0.736. The molecule has 2 N–H and O–H groups in total. The van der Waals surface area contributed by atoms with Crippen LogP contribution in [0.5, 0.6) is 0 Å². The minimum Gasteiger partial charge on any atom is -0.319 e. The average molecular weight is 193 g/mol. The largest absolute Gasteiger partial charge is 0.319 e. The summed E-state index contributed by atoms with van der Waals surface area (Å²) in [5, 5.41) is 0. The van der Waals surface area contributed by atoms with E-state index in [9.17, 15) is 0 Å². The predicted octanol–water partition coefficient (Wildman–Crippen LogP) is 2.59. The summed E-state index contributed by atoms with van der Waals surface area (Å²) < 4.78 is 0. The summed E-state index contributed by atoms with van der Waals surface area (Å²) >= 11 is 4.23. The highest BCUT2D eigenvalue weighted by atomic mass is 32.1. The third-order valence-electron chi connectivity index (χ3n) is 2.04. The zero-order chi connectivity index (χ0) is 10.1. The molecule has 0 aromatic heterocycles. The highest BCUT2D eigenvalue weighted by molar-refractivity contribution is 7.84. The van der Waals surface area contributed by atoms with Crippen LogP contribution < -0.4 is 5.73 Å². The summed E-state index contributed by atoms with van der Waals surface area (Å²) in [6.07, 6.45) is 7.92. The molecule has 1 aliphatic rings. The Morgan fingerprint density at radius 3 is 2.54 bits per heavy atom. The van der Waals surface area contributed by atoms with Gasteiger partial charge in [-0.1, -0.05) is 30.9 Å². The smallest absolute Gasteiger partial charge is 0.0502 e. The Morgan fingerprint density at radius 2 is 2.00 bits per heavy atom. The van der Waals surface area contributed by atoms with Crippen LogP contribution in [0, 0.1) is 0 Å². The fourth-order valence-corrected chi connectivity index (χ4v) is 1.42. The van der Waals surface area contributed by atoms with Gasteiger partial charge in [0.2, 0.25) is 0 Å². The lowest BCUT2D eigenvalue weighted by Crippen LogP contribution is -2.30. The molecule has 0 bridgehead atoms. The van der Waals surface area contributed by atoms with Gasteiger partial charge in [0.15, 0.2) is 0 Å². The van der Waals surface area contributed by atoms with Crippen LogP contribution in [0.25, 0.3) is 0 Å². The van der Waals surface area contributed by atoms with E-state index in [0.717, 1.165) is 16.1 Å². The monoisotopic (exact) mass is 193 g/mol. The Labute approximate surface area is 85.1 Å². The van der Waals surface area contributed by atoms with E-state index in [1.165, 1.54) is 0 Å². The molecule has 0 saturated heterocycles. The zero-order valence-electron chi connectivity index (χ0n) is 8.04. The van der Waals surface area contributed by atoms with Crippen molar-refractivity contribution in [1.29, 1.82) is 0 Å². The maximum absolute atomic E-state index is 5.95. The van der Waals surface area contributed by atoms with E-state index in [0.29, 0.717) is 0 Å². The van der Waals surface area contributed by atoms with E-state index in [2.05, 4.69) is 19.2 Å². The molecule has 0 radical (unpaired) electrons. The predicted molar refractivity (Wildman–Crippen MR) is 61.7 cm³/mol. The highest BCUT2D eigenvalue weighted by Crippen LogP contribution is 2.23. The lowest BCUT2D eigenvalue weighted by Gasteiger charge is -2.12. The van der Waals surface area contributed by atoms with Crippen LogP contribution in [0.4, 0.5) is 0 Å². The van der Waals surface area contributed by atoms with Crippen LogP contribution in [0.3, 0.4) is 0 Å². The van der Waals surface area contributed by atoms with E-state index in [1.807, 2.05) is 38.2 Å². The molecule has 0 aromatic carbocycles. The second kappa shape index (κ2) is 3.56. The summed E-state index contributed by atoms with van der Waals surface area (Å²) in [4.78, 5) is 0.774. The number of hydrogen-bond donors (Lipinski definition) is 2. The number of hydrogen-bond acceptors (Lipinski definition) is 2. The Morgan fingerprint density at radius 1 is 1.46 bits per heavy atom. The second-order valence-corrected chi connectivity index (χ2v) is 4.12. The van der Waals surface area contributed by atoms with Gasteiger partial charge in [0.1, 0.15) is 0 Å². The van der Waals surface area contributed by atoms with Gasteiger partial charge in [-0.3, -0.25) is 0 Å². The van der Waals surface area contributed by atoms with Gasteiger partial charge in [0.25, 0.3) is 0 Å². The average Bonchev–Trinajstić information content (AvgIpc) is 2.11. The first-order chi connectivity index (χ1) is 5.92. The molecule has 0 amide bonds. The van der Waals surface area contributed by atoms with Gasteiger partial charge in [-0.2, -0.15) is 0 Å². The van der Waals surface area contributed by atoms with Crippen molar-refractivity contribution in [2.45, 2.75) is 19.4 Å². The van der Waals surface area contributed by atoms with Crippen molar-refractivity contribution in [1.82, 2.24) is 0 Å². The molecular weight excluding hydrogens is 178 g/mol. The Hall–Kier alpha value is -0.730. The molecule has 0 aliphatic heterocycles. The van der Waals surface area contributed by atoms with Crippen LogP contribution in [-0.2, 0) is 0 Å². The Balaban J connectivity index is 3.12. The van der Waals surface area contributed by atoms with Gasteiger partial charge in [-0.25, -0.2) is 0 Å². The fourth-order valence-electron chi connectivity index (χ4n) is 1.17. The summed E-state index contributed by atoms with van der Waals surface area (Å²) in [6, 6.07) is 0. The summed E-state index contributed by atoms with van der Waals surface area (Å²) in [5.74, 6) is 0. The molecule has 0 heterocycles. The van der Waals surface area contributed by atoms with Gasteiger partial charge in [-0.05, 0) is 25.0 Å². The van der Waals surface area contributed by atoms with Gasteiger partial charge in [-0.15, -0.1) is 12.6 Å². The van der Waals surface area contributed by atoms with Crippen molar-refractivity contribution in [3.8, 4) is 0 Å². The molecule has 0 fully saturated rings. The summed E-state index contributed by atoms with van der Waals surface area (Å²) in [5.41, 5.74) is 7.77. The lowest BCUT2D eigenvalue weighted by atomic mass is 10.0. The van der Waals surface area contributed by atoms with Crippen molar-refractivity contribution in [2.24, 2.45) is 5.73 Å². The molecule has 0 aromatic rings. The quantitative estimate of drug-likeness (QED) is 0.615. The molecule has 1 atom stereocenters. The SMILES string of the molecule is C=C(S)C1=C(C)C=CC(C)(N)C=C1. The van der Waals surface area contributed by atoms with Gasteiger partial charge in [0.05, 0.1) is 5.54 Å². The molecule has 13 heavy (non-hydrogen) atoms. The normalized spacial score (nSPS) is 27.7. The van der Waals surface area contributed by atoms with Crippen molar-refractivity contribution in [3.63, 3.8) is 0 Å². The van der Waals surface area contributed by atoms with Crippen LogP contribution in [0.1, 0.15) is 13.8 Å². The molecule has 0 spiro atoms. The summed E-state index contributed by atoms with van der Waals surface area (Å²) in [7, 11) is 0. The van der Waals surface area contributed by atoms with Crippen molar-refractivity contribution in [3.05, 3.63) is 46.9 Å². The van der Waals surface area contributed by atoms with Crippen molar-refractivity contribution in [2.75, 3.05) is 0 Å². The Bertz CT molecular complexity index is 319. The highest BCUT2D eigenvalue weighted by Gasteiger charge is 2.12. The van der Waals surface area contributed by atoms with E-state index in [1.54, 1.807) is 0 Å². The van der Waals surface area contributed by atoms with E-state index >= 15 is 0 Å². The van der Waals surface area contributed by atoms with Crippen molar-refractivity contribution >= 4 is 12.6 Å². The molecular formula is C11H15NS. The molecule has 2 heteroatoms. The zero-order valence-corrected chi connectivity index (χ0v) is 8.94. The van der Waals surface area contributed by atoms with Gasteiger partial charge < -0.3 is 5.73 Å². The maximum Gasteiger partial charge on any atom is 0.0502 e. The molecule has 1 aliphatic carbocycles. The van der Waals surface area contributed by atoms with E-state index in [-0.39, 0.29) is 5.54 Å². The summed E-state index contributed by atoms with van der Waals surface area (Å²) in [6.45, 7) is 7.78. The van der Waals surface area contributed by atoms with Crippen LogP contribution in [0.15, 0.2) is 46.9 Å². The first-order valence-electron chi connectivity index (χ1n) is 4.19. The standard InChI is InChI=1S/C11H15NS/c1-8-4-6-11(3,12)7-5-10(8)9(2)13/h4-7,13H,2,12H2,1,3H3. The number of thiol groups is 1. The fraction of sp³-hybridized carbons (Fsp3) is 0.273. The second-order valence-electron chi connectivity index (χ2n) is 3.58. The van der Waals surface area contributed by atoms with E-state index in [4.69, 9.17) is 5.73 Å². The first kappa shape index (κ1) is 10.4. The topological polar surface area (TPSA) is 26.0 Å². The minimum atomic E-state index is -0.369. The van der Waals surface area contributed by atoms with E-state index < -0.39 is 0 Å². The van der Waals surface area contributed by atoms with Gasteiger partial charge in [0, 0.05) is 4.91 Å². The van der Waals surface area contributed by atoms with Crippen molar-refractivity contribution < 1.29 is 0 Å². The number of nitrogens with two attached hydrogens (primary N) is 1. The van der Waals surface area contributed by atoms with Crippen LogP contribution in [0.2, 0.25) is 0 Å². The molecule has 1 nitrogen and oxygen atoms in total. The Kier molecular flexibility index (Phi) is 2.84. The maximum atomic E-state index is 5.95. The molecule has 0 saturated carbocycles. The van der Waals surface area contributed by atoms with Crippen LogP contribution >= 0.6 is 12.6 Å². The molecule has 1 rings (SSSR count). The van der Waals surface area contributed by atoms with Crippen LogP contribution in [-0.4, -0.2) is 5.54 Å². The minimum absolute atomic E-state index is 0.369. The molecule has 70 valence electrons.